The highest BCUT2D eigenvalue weighted by molar-refractivity contribution is 7.09. The summed E-state index contributed by atoms with van der Waals surface area (Å²) in [5, 5.41) is 2.95. The van der Waals surface area contributed by atoms with Gasteiger partial charge in [-0.15, -0.1) is 11.3 Å². The second-order valence-corrected chi connectivity index (χ2v) is 6.16. The van der Waals surface area contributed by atoms with Gasteiger partial charge in [0.2, 0.25) is 5.91 Å². The summed E-state index contributed by atoms with van der Waals surface area (Å²) in [5.41, 5.74) is 0. The van der Waals surface area contributed by atoms with Crippen LogP contribution in [0.1, 0.15) is 36.6 Å². The van der Waals surface area contributed by atoms with E-state index in [0.717, 1.165) is 23.7 Å². The zero-order valence-corrected chi connectivity index (χ0v) is 12.5. The summed E-state index contributed by atoms with van der Waals surface area (Å²) < 4.78 is 1.93. The van der Waals surface area contributed by atoms with Crippen molar-refractivity contribution < 1.29 is 4.79 Å². The third-order valence-corrected chi connectivity index (χ3v) is 4.46. The second-order valence-electron chi connectivity index (χ2n) is 5.18. The highest BCUT2D eigenvalue weighted by Crippen LogP contribution is 2.31. The van der Waals surface area contributed by atoms with Gasteiger partial charge in [-0.3, -0.25) is 4.79 Å². The molecule has 3 rings (SSSR count). The Hall–Kier alpha value is -1.69. The maximum atomic E-state index is 12.8. The van der Waals surface area contributed by atoms with E-state index in [9.17, 15) is 4.79 Å². The average molecular weight is 290 g/mol. The highest BCUT2D eigenvalue weighted by Gasteiger charge is 2.35. The van der Waals surface area contributed by atoms with Crippen LogP contribution in [0.5, 0.6) is 0 Å². The molecule has 0 radical (unpaired) electrons. The molecule has 0 saturated heterocycles. The Morgan fingerprint density at radius 3 is 2.85 bits per heavy atom. The van der Waals surface area contributed by atoms with Gasteiger partial charge in [-0.1, -0.05) is 0 Å². The largest absolute Gasteiger partial charge is 0.331 e. The Morgan fingerprint density at radius 2 is 2.30 bits per heavy atom. The number of hydrogen-bond acceptors (Lipinski definition) is 4. The van der Waals surface area contributed by atoms with Crippen molar-refractivity contribution in [2.75, 3.05) is 0 Å². The number of carbonyl (C=O) groups excluding carboxylic acids is 1. The SMILES string of the molecule is Cc1nccn1[C@@H](C)C(=O)N(Cc1nccs1)C1CC1. The summed E-state index contributed by atoms with van der Waals surface area (Å²) in [6.07, 6.45) is 7.60. The van der Waals surface area contributed by atoms with E-state index < -0.39 is 0 Å². The van der Waals surface area contributed by atoms with Crippen molar-refractivity contribution in [3.05, 3.63) is 34.8 Å². The van der Waals surface area contributed by atoms with Gasteiger partial charge in [0.05, 0.1) is 6.54 Å². The maximum Gasteiger partial charge on any atom is 0.246 e. The molecular weight excluding hydrogens is 272 g/mol. The third-order valence-electron chi connectivity index (χ3n) is 3.70. The van der Waals surface area contributed by atoms with Gasteiger partial charge in [0.1, 0.15) is 16.9 Å². The molecular formula is C14H18N4OS. The zero-order chi connectivity index (χ0) is 14.1. The van der Waals surface area contributed by atoms with E-state index in [1.54, 1.807) is 23.7 Å². The fourth-order valence-electron chi connectivity index (χ4n) is 2.41. The van der Waals surface area contributed by atoms with E-state index in [2.05, 4.69) is 9.97 Å². The molecule has 0 aliphatic heterocycles. The fourth-order valence-corrected chi connectivity index (χ4v) is 3.02. The van der Waals surface area contributed by atoms with Crippen LogP contribution in [0.25, 0.3) is 0 Å². The number of aromatic nitrogens is 3. The summed E-state index contributed by atoms with van der Waals surface area (Å²) in [6.45, 7) is 4.49. The van der Waals surface area contributed by atoms with Crippen LogP contribution in [0.15, 0.2) is 24.0 Å². The Bertz CT molecular complexity index is 588. The molecule has 5 nitrogen and oxygen atoms in total. The average Bonchev–Trinajstić information content (AvgIpc) is 2.97. The molecule has 106 valence electrons. The van der Waals surface area contributed by atoms with E-state index >= 15 is 0 Å². The molecule has 0 unspecified atom stereocenters. The van der Waals surface area contributed by atoms with Crippen molar-refractivity contribution in [2.24, 2.45) is 0 Å². The summed E-state index contributed by atoms with van der Waals surface area (Å²) in [7, 11) is 0. The third kappa shape index (κ3) is 2.60. The van der Waals surface area contributed by atoms with Gasteiger partial charge in [-0.05, 0) is 26.7 Å². The fraction of sp³-hybridized carbons (Fsp3) is 0.500. The van der Waals surface area contributed by atoms with Crippen molar-refractivity contribution >= 4 is 17.2 Å². The first-order chi connectivity index (χ1) is 9.66. The minimum atomic E-state index is -0.210. The predicted octanol–water partition coefficient (Wildman–Crippen LogP) is 2.40. The molecule has 1 aliphatic rings. The molecule has 1 saturated carbocycles. The number of carbonyl (C=O) groups is 1. The van der Waals surface area contributed by atoms with Crippen LogP contribution in [0, 0.1) is 6.92 Å². The van der Waals surface area contributed by atoms with Crippen LogP contribution >= 0.6 is 11.3 Å². The van der Waals surface area contributed by atoms with Gasteiger partial charge >= 0.3 is 0 Å². The van der Waals surface area contributed by atoms with Crippen LogP contribution in [0.3, 0.4) is 0 Å². The van der Waals surface area contributed by atoms with Gasteiger partial charge in [0, 0.05) is 30.0 Å². The summed E-state index contributed by atoms with van der Waals surface area (Å²) in [6, 6.07) is 0.177. The number of imidazole rings is 1. The lowest BCUT2D eigenvalue weighted by Crippen LogP contribution is -2.37. The molecule has 2 aromatic rings. The normalized spacial score (nSPS) is 16.1. The first-order valence-corrected chi connectivity index (χ1v) is 7.73. The van der Waals surface area contributed by atoms with E-state index in [1.807, 2.05) is 34.9 Å². The van der Waals surface area contributed by atoms with Gasteiger partial charge in [0.25, 0.3) is 0 Å². The molecule has 1 fully saturated rings. The topological polar surface area (TPSA) is 51.0 Å². The van der Waals surface area contributed by atoms with Crippen molar-refractivity contribution in [1.29, 1.82) is 0 Å². The van der Waals surface area contributed by atoms with Crippen LogP contribution < -0.4 is 0 Å². The van der Waals surface area contributed by atoms with Gasteiger partial charge in [-0.2, -0.15) is 0 Å². The lowest BCUT2D eigenvalue weighted by Gasteiger charge is -2.26. The molecule has 2 aromatic heterocycles. The van der Waals surface area contributed by atoms with E-state index in [0.29, 0.717) is 12.6 Å². The Labute approximate surface area is 122 Å². The minimum absolute atomic E-state index is 0.156. The monoisotopic (exact) mass is 290 g/mol. The lowest BCUT2D eigenvalue weighted by molar-refractivity contribution is -0.135. The van der Waals surface area contributed by atoms with Gasteiger partial charge < -0.3 is 9.47 Å². The molecule has 1 aliphatic carbocycles. The molecule has 1 atom stereocenters. The Kier molecular flexibility index (Phi) is 3.56. The van der Waals surface area contributed by atoms with Gasteiger partial charge in [0.15, 0.2) is 0 Å². The smallest absolute Gasteiger partial charge is 0.246 e. The summed E-state index contributed by atoms with van der Waals surface area (Å²) in [4.78, 5) is 23.2. The second kappa shape index (κ2) is 5.36. The molecule has 2 heterocycles. The van der Waals surface area contributed by atoms with E-state index in [1.165, 1.54) is 0 Å². The van der Waals surface area contributed by atoms with Crippen LogP contribution in [-0.2, 0) is 11.3 Å². The number of nitrogens with zero attached hydrogens (tertiary/aromatic N) is 4. The number of thiazole rings is 1. The first kappa shape index (κ1) is 13.3. The molecule has 0 aromatic carbocycles. The maximum absolute atomic E-state index is 12.8. The molecule has 0 N–H and O–H groups in total. The van der Waals surface area contributed by atoms with Crippen LogP contribution in [0.4, 0.5) is 0 Å². The van der Waals surface area contributed by atoms with Crippen LogP contribution in [-0.4, -0.2) is 31.4 Å². The summed E-state index contributed by atoms with van der Waals surface area (Å²) >= 11 is 1.60. The standard InChI is InChI=1S/C14H18N4OS/c1-10(17-7-5-15-11(17)2)14(19)18(12-3-4-12)9-13-16-6-8-20-13/h5-8,10,12H,3-4,9H2,1-2H3/t10-/m0/s1. The molecule has 0 bridgehead atoms. The Balaban J connectivity index is 1.77. The van der Waals surface area contributed by atoms with Crippen molar-refractivity contribution in [3.63, 3.8) is 0 Å². The van der Waals surface area contributed by atoms with Crippen molar-refractivity contribution in [3.8, 4) is 0 Å². The molecule has 20 heavy (non-hydrogen) atoms. The van der Waals surface area contributed by atoms with Crippen LogP contribution in [0.2, 0.25) is 0 Å². The first-order valence-electron chi connectivity index (χ1n) is 6.85. The Morgan fingerprint density at radius 1 is 1.50 bits per heavy atom. The predicted molar refractivity (Wildman–Crippen MR) is 77.4 cm³/mol. The highest BCUT2D eigenvalue weighted by atomic mass is 32.1. The number of aryl methyl sites for hydroxylation is 1. The number of hydrogen-bond donors (Lipinski definition) is 0. The zero-order valence-electron chi connectivity index (χ0n) is 11.7. The minimum Gasteiger partial charge on any atom is -0.331 e. The molecule has 6 heteroatoms. The summed E-state index contributed by atoms with van der Waals surface area (Å²) in [5.74, 6) is 1.03. The van der Waals surface area contributed by atoms with Crippen molar-refractivity contribution in [2.45, 2.75) is 45.3 Å². The number of rotatable bonds is 5. The molecule has 1 amide bonds. The quantitative estimate of drug-likeness (QED) is 0.849. The van der Waals surface area contributed by atoms with E-state index in [-0.39, 0.29) is 11.9 Å². The van der Waals surface area contributed by atoms with E-state index in [4.69, 9.17) is 0 Å². The molecule has 0 spiro atoms. The number of amides is 1. The van der Waals surface area contributed by atoms with Crippen molar-refractivity contribution in [1.82, 2.24) is 19.4 Å². The lowest BCUT2D eigenvalue weighted by atomic mass is 10.2. The van der Waals surface area contributed by atoms with Gasteiger partial charge in [-0.25, -0.2) is 9.97 Å².